The minimum atomic E-state index is -0.893. The van der Waals surface area contributed by atoms with Crippen molar-refractivity contribution in [3.8, 4) is 0 Å². The van der Waals surface area contributed by atoms with E-state index in [-0.39, 0.29) is 24.1 Å². The number of aryl methyl sites for hydroxylation is 1. The van der Waals surface area contributed by atoms with Crippen LogP contribution in [-0.2, 0) is 4.79 Å². The van der Waals surface area contributed by atoms with Crippen molar-refractivity contribution in [3.05, 3.63) is 29.6 Å². The zero-order chi connectivity index (χ0) is 13.1. The maximum absolute atomic E-state index is 12.9. The standard InChI is InChI=1S/C13H19FN2O.ClH/c1-4-7-13(3,15)12(17)16-11-6-5-10(14)8-9(11)2;/h5-6,8H,4,7,15H2,1-3H3,(H,16,17);1H. The van der Waals surface area contributed by atoms with Gasteiger partial charge in [-0.25, -0.2) is 4.39 Å². The zero-order valence-corrected chi connectivity index (χ0v) is 11.7. The Hall–Kier alpha value is -1.13. The fourth-order valence-corrected chi connectivity index (χ4v) is 1.67. The highest BCUT2D eigenvalue weighted by Gasteiger charge is 2.27. The van der Waals surface area contributed by atoms with E-state index in [1.165, 1.54) is 12.1 Å². The van der Waals surface area contributed by atoms with E-state index in [0.29, 0.717) is 17.7 Å². The quantitative estimate of drug-likeness (QED) is 0.887. The molecule has 1 unspecified atom stereocenters. The molecule has 18 heavy (non-hydrogen) atoms. The smallest absolute Gasteiger partial charge is 0.244 e. The van der Waals surface area contributed by atoms with Gasteiger partial charge >= 0.3 is 0 Å². The van der Waals surface area contributed by atoms with Gasteiger partial charge in [0.1, 0.15) is 5.82 Å². The lowest BCUT2D eigenvalue weighted by atomic mass is 9.96. The first-order valence-corrected chi connectivity index (χ1v) is 5.73. The lowest BCUT2D eigenvalue weighted by Crippen LogP contribution is -2.48. The van der Waals surface area contributed by atoms with Crippen LogP contribution < -0.4 is 11.1 Å². The highest BCUT2D eigenvalue weighted by molar-refractivity contribution is 5.98. The lowest BCUT2D eigenvalue weighted by Gasteiger charge is -2.23. The molecule has 0 aliphatic carbocycles. The van der Waals surface area contributed by atoms with Crippen molar-refractivity contribution in [2.24, 2.45) is 5.73 Å². The van der Waals surface area contributed by atoms with Crippen molar-refractivity contribution in [1.29, 1.82) is 0 Å². The van der Waals surface area contributed by atoms with Crippen molar-refractivity contribution >= 4 is 24.0 Å². The summed E-state index contributed by atoms with van der Waals surface area (Å²) in [6.45, 7) is 5.42. The van der Waals surface area contributed by atoms with Crippen molar-refractivity contribution in [2.75, 3.05) is 5.32 Å². The molecule has 3 N–H and O–H groups in total. The third-order valence-electron chi connectivity index (χ3n) is 2.72. The highest BCUT2D eigenvalue weighted by Crippen LogP contribution is 2.18. The lowest BCUT2D eigenvalue weighted by molar-refractivity contribution is -0.120. The minimum Gasteiger partial charge on any atom is -0.324 e. The van der Waals surface area contributed by atoms with Crippen LogP contribution in [-0.4, -0.2) is 11.4 Å². The van der Waals surface area contributed by atoms with Crippen molar-refractivity contribution in [3.63, 3.8) is 0 Å². The normalized spacial score (nSPS) is 13.4. The minimum absolute atomic E-state index is 0. The molecule has 102 valence electrons. The number of carbonyl (C=O) groups excluding carboxylic acids is 1. The first-order chi connectivity index (χ1) is 7.86. The van der Waals surface area contributed by atoms with Crippen LogP contribution in [0, 0.1) is 12.7 Å². The average molecular weight is 275 g/mol. The van der Waals surface area contributed by atoms with Gasteiger partial charge in [-0.2, -0.15) is 0 Å². The molecule has 0 bridgehead atoms. The molecule has 0 saturated heterocycles. The Morgan fingerprint density at radius 1 is 1.50 bits per heavy atom. The van der Waals surface area contributed by atoms with Gasteiger partial charge in [0.15, 0.2) is 0 Å². The molecule has 0 spiro atoms. The number of rotatable bonds is 4. The van der Waals surface area contributed by atoms with E-state index in [2.05, 4.69) is 5.32 Å². The van der Waals surface area contributed by atoms with Gasteiger partial charge in [-0.05, 0) is 44.0 Å². The molecular weight excluding hydrogens is 255 g/mol. The van der Waals surface area contributed by atoms with Crippen LogP contribution in [0.3, 0.4) is 0 Å². The summed E-state index contributed by atoms with van der Waals surface area (Å²) in [5, 5.41) is 2.73. The van der Waals surface area contributed by atoms with Crippen molar-refractivity contribution < 1.29 is 9.18 Å². The predicted molar refractivity (Wildman–Crippen MR) is 74.5 cm³/mol. The van der Waals surface area contributed by atoms with Crippen LogP contribution in [0.2, 0.25) is 0 Å². The summed E-state index contributed by atoms with van der Waals surface area (Å²) in [6, 6.07) is 4.24. The summed E-state index contributed by atoms with van der Waals surface area (Å²) in [7, 11) is 0. The molecule has 0 saturated carbocycles. The molecule has 3 nitrogen and oxygen atoms in total. The van der Waals surface area contributed by atoms with E-state index < -0.39 is 5.54 Å². The Bertz CT molecular complexity index is 421. The maximum atomic E-state index is 12.9. The Balaban J connectivity index is 0.00000289. The van der Waals surface area contributed by atoms with Crippen LogP contribution in [0.15, 0.2) is 18.2 Å². The van der Waals surface area contributed by atoms with Gasteiger partial charge in [0.25, 0.3) is 0 Å². The maximum Gasteiger partial charge on any atom is 0.244 e. The van der Waals surface area contributed by atoms with Gasteiger partial charge in [0.05, 0.1) is 5.54 Å². The second-order valence-corrected chi connectivity index (χ2v) is 4.58. The summed E-state index contributed by atoms with van der Waals surface area (Å²) in [5.41, 5.74) is 6.31. The fourth-order valence-electron chi connectivity index (χ4n) is 1.67. The number of carbonyl (C=O) groups is 1. The molecule has 1 amide bonds. The number of nitrogens with two attached hydrogens (primary N) is 1. The number of benzene rings is 1. The van der Waals surface area contributed by atoms with Crippen molar-refractivity contribution in [1.82, 2.24) is 0 Å². The van der Waals surface area contributed by atoms with Gasteiger partial charge in [0.2, 0.25) is 5.91 Å². The number of halogens is 2. The third-order valence-corrected chi connectivity index (χ3v) is 2.72. The van der Waals surface area contributed by atoms with E-state index in [1.54, 1.807) is 19.9 Å². The molecule has 0 radical (unpaired) electrons. The van der Waals surface area contributed by atoms with Crippen LogP contribution in [0.25, 0.3) is 0 Å². The van der Waals surface area contributed by atoms with Gasteiger partial charge in [-0.15, -0.1) is 12.4 Å². The average Bonchev–Trinajstić information content (AvgIpc) is 2.22. The molecule has 1 aromatic carbocycles. The monoisotopic (exact) mass is 274 g/mol. The fraction of sp³-hybridized carbons (Fsp3) is 0.462. The van der Waals surface area contributed by atoms with E-state index >= 15 is 0 Å². The summed E-state index contributed by atoms with van der Waals surface area (Å²) >= 11 is 0. The molecule has 5 heteroatoms. The number of hydrogen-bond donors (Lipinski definition) is 2. The largest absolute Gasteiger partial charge is 0.324 e. The van der Waals surface area contributed by atoms with Crippen LogP contribution in [0.5, 0.6) is 0 Å². The first-order valence-electron chi connectivity index (χ1n) is 5.73. The summed E-state index contributed by atoms with van der Waals surface area (Å²) in [5.74, 6) is -0.557. The Morgan fingerprint density at radius 2 is 2.11 bits per heavy atom. The number of nitrogens with one attached hydrogen (secondary N) is 1. The van der Waals surface area contributed by atoms with E-state index in [4.69, 9.17) is 5.73 Å². The van der Waals surface area contributed by atoms with Crippen LogP contribution in [0.1, 0.15) is 32.3 Å². The van der Waals surface area contributed by atoms with Gasteiger partial charge < -0.3 is 11.1 Å². The number of amides is 1. The molecule has 0 aliphatic rings. The molecule has 1 rings (SSSR count). The van der Waals surface area contributed by atoms with Crippen molar-refractivity contribution in [2.45, 2.75) is 39.2 Å². The topological polar surface area (TPSA) is 55.1 Å². The summed E-state index contributed by atoms with van der Waals surface area (Å²) < 4.78 is 12.9. The molecular formula is C13H20ClFN2O. The second-order valence-electron chi connectivity index (χ2n) is 4.58. The molecule has 0 heterocycles. The zero-order valence-electron chi connectivity index (χ0n) is 10.9. The molecule has 1 atom stereocenters. The van der Waals surface area contributed by atoms with E-state index in [9.17, 15) is 9.18 Å². The molecule has 0 aromatic heterocycles. The summed E-state index contributed by atoms with van der Waals surface area (Å²) in [4.78, 5) is 11.9. The second kappa shape index (κ2) is 6.71. The van der Waals surface area contributed by atoms with Gasteiger partial charge in [0, 0.05) is 5.69 Å². The molecule has 1 aromatic rings. The summed E-state index contributed by atoms with van der Waals surface area (Å²) in [6.07, 6.45) is 1.45. The Morgan fingerprint density at radius 3 is 2.61 bits per heavy atom. The Labute approximate surface area is 113 Å². The van der Waals surface area contributed by atoms with Gasteiger partial charge in [-0.1, -0.05) is 13.3 Å². The molecule has 0 fully saturated rings. The number of hydrogen-bond acceptors (Lipinski definition) is 2. The Kier molecular flexibility index (Phi) is 6.29. The van der Waals surface area contributed by atoms with E-state index in [1.807, 2.05) is 6.92 Å². The van der Waals surface area contributed by atoms with Crippen LogP contribution in [0.4, 0.5) is 10.1 Å². The third kappa shape index (κ3) is 4.27. The molecule has 0 aliphatic heterocycles. The van der Waals surface area contributed by atoms with E-state index in [0.717, 1.165) is 6.42 Å². The highest BCUT2D eigenvalue weighted by atomic mass is 35.5. The first kappa shape index (κ1) is 16.9. The van der Waals surface area contributed by atoms with Gasteiger partial charge in [-0.3, -0.25) is 4.79 Å². The number of anilines is 1. The SMILES string of the molecule is CCCC(C)(N)C(=O)Nc1ccc(F)cc1C.Cl. The van der Waals surface area contributed by atoms with Crippen LogP contribution >= 0.6 is 12.4 Å². The predicted octanol–water partition coefficient (Wildman–Crippen LogP) is 3.01.